The Hall–Kier alpha value is -1.04. The molecule has 0 aliphatic carbocycles. The fraction of sp³-hybridized carbons (Fsp3) is 0.600. The third kappa shape index (κ3) is 3.10. The van der Waals surface area contributed by atoms with E-state index in [2.05, 4.69) is 0 Å². The first-order valence-corrected chi connectivity index (χ1v) is 9.21. The van der Waals surface area contributed by atoms with Gasteiger partial charge in [-0.15, -0.1) is 0 Å². The highest BCUT2D eigenvalue weighted by Crippen LogP contribution is 2.43. The van der Waals surface area contributed by atoms with Gasteiger partial charge in [-0.05, 0) is 16.6 Å². The third-order valence-electron chi connectivity index (χ3n) is 4.06. The molecule has 0 N–H and O–H groups in total. The van der Waals surface area contributed by atoms with Crippen molar-refractivity contribution in [2.45, 2.75) is 58.2 Å². The summed E-state index contributed by atoms with van der Waals surface area (Å²) in [4.78, 5) is 0. The van der Waals surface area contributed by atoms with Crippen LogP contribution in [0.1, 0.15) is 41.5 Å². The Balaban J connectivity index is 3.41. The molecule has 1 aromatic rings. The maximum Gasteiger partial charge on any atom is 0.258 e. The molecule has 120 valence electrons. The third-order valence-corrected chi connectivity index (χ3v) is 10.1. The fourth-order valence-corrected chi connectivity index (χ4v) is 8.41. The molecule has 0 aliphatic rings. The fourth-order valence-electron chi connectivity index (χ4n) is 3.17. The zero-order valence-electron chi connectivity index (χ0n) is 13.2. The lowest BCUT2D eigenvalue weighted by Gasteiger charge is -2.42. The molecule has 0 fully saturated rings. The van der Waals surface area contributed by atoms with Crippen LogP contribution in [0.3, 0.4) is 0 Å². The molecule has 0 aromatic heterocycles. The second kappa shape index (κ2) is 6.38. The summed E-state index contributed by atoms with van der Waals surface area (Å²) in [6, 6.07) is 0.600. The van der Waals surface area contributed by atoms with Gasteiger partial charge in [0.05, 0.1) is 0 Å². The van der Waals surface area contributed by atoms with Gasteiger partial charge in [0.1, 0.15) is 5.75 Å². The predicted octanol–water partition coefficient (Wildman–Crippen LogP) is 5.80. The minimum atomic E-state index is -2.56. The van der Waals surface area contributed by atoms with Gasteiger partial charge in [-0.25, -0.2) is 13.2 Å². The monoisotopic (exact) mass is 322 g/mol. The average molecular weight is 322 g/mol. The Morgan fingerprint density at radius 1 is 0.762 bits per heavy atom. The van der Waals surface area contributed by atoms with Gasteiger partial charge in [-0.1, -0.05) is 41.5 Å². The molecule has 21 heavy (non-hydrogen) atoms. The minimum Gasteiger partial charge on any atom is -0.541 e. The van der Waals surface area contributed by atoms with Gasteiger partial charge in [0.2, 0.25) is 11.6 Å². The van der Waals surface area contributed by atoms with E-state index in [0.717, 1.165) is 0 Å². The molecule has 1 aromatic carbocycles. The highest BCUT2D eigenvalue weighted by atomic mass is 28.4. The number of benzene rings is 1. The first kappa shape index (κ1) is 18.0. The van der Waals surface area contributed by atoms with Crippen molar-refractivity contribution in [3.05, 3.63) is 29.3 Å². The first-order valence-electron chi connectivity index (χ1n) is 7.07. The van der Waals surface area contributed by atoms with E-state index in [1.807, 2.05) is 41.5 Å². The van der Waals surface area contributed by atoms with Gasteiger partial charge in [0.15, 0.2) is 11.6 Å². The predicted molar refractivity (Wildman–Crippen MR) is 78.0 cm³/mol. The summed E-state index contributed by atoms with van der Waals surface area (Å²) in [7, 11) is -2.56. The van der Waals surface area contributed by atoms with E-state index in [9.17, 15) is 17.6 Å². The average Bonchev–Trinajstić information content (AvgIpc) is 2.37. The van der Waals surface area contributed by atoms with Crippen LogP contribution in [0.25, 0.3) is 0 Å². The number of hydrogen-bond acceptors (Lipinski definition) is 1. The Morgan fingerprint density at radius 3 is 1.57 bits per heavy atom. The second-order valence-corrected chi connectivity index (χ2v) is 11.6. The summed E-state index contributed by atoms with van der Waals surface area (Å²) in [5.41, 5.74) is 0.314. The van der Waals surface area contributed by atoms with Crippen LogP contribution in [0, 0.1) is 23.3 Å². The highest BCUT2D eigenvalue weighted by molar-refractivity contribution is 6.78. The minimum absolute atomic E-state index is 0.105. The highest BCUT2D eigenvalue weighted by Gasteiger charge is 2.47. The van der Waals surface area contributed by atoms with Crippen LogP contribution in [0.15, 0.2) is 6.07 Å². The molecule has 0 spiro atoms. The summed E-state index contributed by atoms with van der Waals surface area (Å²) in [6.45, 7) is 11.8. The van der Waals surface area contributed by atoms with Crippen molar-refractivity contribution in [1.82, 2.24) is 0 Å². The second-order valence-electron chi connectivity index (χ2n) is 6.22. The van der Waals surface area contributed by atoms with Crippen LogP contribution in [0.5, 0.6) is 5.75 Å². The summed E-state index contributed by atoms with van der Waals surface area (Å²) in [6.07, 6.45) is 0. The Labute approximate surface area is 124 Å². The van der Waals surface area contributed by atoms with E-state index in [4.69, 9.17) is 4.43 Å². The van der Waals surface area contributed by atoms with Crippen LogP contribution in [-0.4, -0.2) is 8.32 Å². The normalized spacial score (nSPS) is 12.6. The molecule has 1 nitrogen and oxygen atoms in total. The number of rotatable bonds is 5. The SMILES string of the molecule is CC(C)[Si](Oc1cc(F)c(F)c(F)c1F)(C(C)C)C(C)C. The molecule has 1 rings (SSSR count). The summed E-state index contributed by atoms with van der Waals surface area (Å²) in [5, 5.41) is 0. The summed E-state index contributed by atoms with van der Waals surface area (Å²) >= 11 is 0. The van der Waals surface area contributed by atoms with Crippen molar-refractivity contribution in [3.63, 3.8) is 0 Å². The lowest BCUT2D eigenvalue weighted by Crippen LogP contribution is -2.51. The maximum atomic E-state index is 13.9. The van der Waals surface area contributed by atoms with Crippen LogP contribution in [0.4, 0.5) is 17.6 Å². The molecule has 0 saturated carbocycles. The molecule has 0 saturated heterocycles. The van der Waals surface area contributed by atoms with Gasteiger partial charge in [0, 0.05) is 6.07 Å². The van der Waals surface area contributed by atoms with Gasteiger partial charge in [0.25, 0.3) is 8.32 Å². The molecule has 0 heterocycles. The van der Waals surface area contributed by atoms with Crippen LogP contribution < -0.4 is 4.43 Å². The molecule has 0 aliphatic heterocycles. The molecule has 0 unspecified atom stereocenters. The van der Waals surface area contributed by atoms with Crippen LogP contribution >= 0.6 is 0 Å². The van der Waals surface area contributed by atoms with E-state index < -0.39 is 37.3 Å². The number of hydrogen-bond donors (Lipinski definition) is 0. The Morgan fingerprint density at radius 2 is 1.19 bits per heavy atom. The van der Waals surface area contributed by atoms with Crippen molar-refractivity contribution in [2.75, 3.05) is 0 Å². The van der Waals surface area contributed by atoms with Crippen molar-refractivity contribution in [2.24, 2.45) is 0 Å². The van der Waals surface area contributed by atoms with Gasteiger partial charge in [-0.2, -0.15) is 4.39 Å². The molecule has 0 radical (unpaired) electrons. The summed E-state index contributed by atoms with van der Waals surface area (Å²) in [5.74, 6) is -7.08. The molecule has 6 heteroatoms. The van der Waals surface area contributed by atoms with Gasteiger partial charge < -0.3 is 4.43 Å². The molecular weight excluding hydrogens is 300 g/mol. The lowest BCUT2D eigenvalue weighted by atomic mass is 10.3. The van der Waals surface area contributed by atoms with E-state index in [-0.39, 0.29) is 16.6 Å². The smallest absolute Gasteiger partial charge is 0.258 e. The standard InChI is InChI=1S/C15H22F4OSi/c1-8(2)21(9(3)4,10(5)6)20-12-7-11(16)13(17)15(19)14(12)18/h7-10H,1-6H3. The zero-order valence-corrected chi connectivity index (χ0v) is 14.2. The van der Waals surface area contributed by atoms with Gasteiger partial charge >= 0.3 is 0 Å². The lowest BCUT2D eigenvalue weighted by molar-refractivity contribution is 0.375. The van der Waals surface area contributed by atoms with Gasteiger partial charge in [-0.3, -0.25) is 0 Å². The van der Waals surface area contributed by atoms with Crippen molar-refractivity contribution < 1.29 is 22.0 Å². The molecule has 0 amide bonds. The quantitative estimate of drug-likeness (QED) is 0.288. The van der Waals surface area contributed by atoms with E-state index in [1.165, 1.54) is 0 Å². The van der Waals surface area contributed by atoms with Crippen LogP contribution in [-0.2, 0) is 0 Å². The van der Waals surface area contributed by atoms with E-state index >= 15 is 0 Å². The molecule has 0 atom stereocenters. The van der Waals surface area contributed by atoms with E-state index in [0.29, 0.717) is 6.07 Å². The molecular formula is C15H22F4OSi. The van der Waals surface area contributed by atoms with Crippen molar-refractivity contribution >= 4 is 8.32 Å². The summed E-state index contributed by atoms with van der Waals surface area (Å²) < 4.78 is 59.5. The number of halogens is 4. The van der Waals surface area contributed by atoms with Crippen molar-refractivity contribution in [3.8, 4) is 5.75 Å². The first-order chi connectivity index (χ1) is 9.55. The zero-order chi connectivity index (χ0) is 16.5. The maximum absolute atomic E-state index is 13.9. The molecule has 0 bridgehead atoms. The van der Waals surface area contributed by atoms with Crippen molar-refractivity contribution in [1.29, 1.82) is 0 Å². The topological polar surface area (TPSA) is 9.23 Å². The Bertz CT molecular complexity index is 493. The van der Waals surface area contributed by atoms with E-state index in [1.54, 1.807) is 0 Å². The largest absolute Gasteiger partial charge is 0.541 e. The van der Waals surface area contributed by atoms with Crippen LogP contribution in [0.2, 0.25) is 16.6 Å². The Kier molecular flexibility index (Phi) is 5.47.